The lowest BCUT2D eigenvalue weighted by molar-refractivity contribution is -0.164. The molecule has 0 radical (unpaired) electrons. The number of pyridine rings is 1. The first-order valence-corrected chi connectivity index (χ1v) is 10.8. The number of carbonyl (C=O) groups excluding carboxylic acids is 1. The molecule has 33 heavy (non-hydrogen) atoms. The van der Waals surface area contributed by atoms with Gasteiger partial charge in [-0.3, -0.25) is 4.79 Å². The van der Waals surface area contributed by atoms with E-state index in [2.05, 4.69) is 6.07 Å². The zero-order valence-corrected chi connectivity index (χ0v) is 18.5. The first-order valence-electron chi connectivity index (χ1n) is 14.8. The highest BCUT2D eigenvalue weighted by Crippen LogP contribution is 2.46. The number of nitrogens with zero attached hydrogens (tertiary/aromatic N) is 4. The van der Waals surface area contributed by atoms with Gasteiger partial charge in [-0.15, -0.1) is 0 Å². The number of hydrogen-bond donors (Lipinski definition) is 0. The number of piperazine rings is 1. The molecule has 180 valence electrons. The molecule has 3 aliphatic rings. The molecule has 1 aromatic heterocycles. The quantitative estimate of drug-likeness (QED) is 0.653. The Hall–Kier alpha value is -2.34. The molecule has 0 spiro atoms. The van der Waals surface area contributed by atoms with Crippen LogP contribution in [0.1, 0.15) is 86.1 Å². The van der Waals surface area contributed by atoms with E-state index in [1.165, 1.54) is 4.90 Å². The molecule has 1 aliphatic carbocycles. The number of alkyl halides is 3. The lowest BCUT2D eigenvalue weighted by Crippen LogP contribution is -2.58. The molecule has 2 fully saturated rings. The van der Waals surface area contributed by atoms with E-state index in [-0.39, 0.29) is 35.4 Å². The molecule has 1 aromatic rings. The van der Waals surface area contributed by atoms with Crippen LogP contribution in [-0.4, -0.2) is 53.2 Å². The van der Waals surface area contributed by atoms with Crippen molar-refractivity contribution >= 4 is 11.7 Å². The molecule has 9 heteroatoms. The van der Waals surface area contributed by atoms with Gasteiger partial charge in [-0.1, -0.05) is 13.7 Å². The number of rotatable bonds is 4. The molecule has 4 rings (SSSR count). The van der Waals surface area contributed by atoms with Gasteiger partial charge in [0.05, 0.1) is 30.9 Å². The number of nitriles is 1. The monoisotopic (exact) mass is 472 g/mol. The minimum absolute atomic E-state index is 0.0174. The maximum atomic E-state index is 13.2. The third kappa shape index (κ3) is 4.96. The van der Waals surface area contributed by atoms with E-state index in [4.69, 9.17) is 20.7 Å². The van der Waals surface area contributed by atoms with Gasteiger partial charge in [-0.25, -0.2) is 4.98 Å². The van der Waals surface area contributed by atoms with Crippen LogP contribution >= 0.6 is 0 Å². The first-order chi connectivity index (χ1) is 18.6. The zero-order valence-electron chi connectivity index (χ0n) is 26.5. The van der Waals surface area contributed by atoms with Crippen LogP contribution in [0.2, 0.25) is 0 Å². The predicted octanol–water partition coefficient (Wildman–Crippen LogP) is 4.31. The van der Waals surface area contributed by atoms with Gasteiger partial charge in [0.1, 0.15) is 18.3 Å². The number of hydrogen-bond acceptors (Lipinski definition) is 5. The average molecular weight is 473 g/mol. The van der Waals surface area contributed by atoms with E-state index < -0.39 is 62.8 Å². The molecule has 3 heterocycles. The summed E-state index contributed by atoms with van der Waals surface area (Å²) in [6.07, 6.45) is -5.12. The van der Waals surface area contributed by atoms with E-state index in [1.807, 2.05) is 13.8 Å². The smallest absolute Gasteiger partial charge is 0.370 e. The minimum atomic E-state index is -5.03. The van der Waals surface area contributed by atoms with Gasteiger partial charge in [0.15, 0.2) is 0 Å². The molecule has 0 unspecified atom stereocenters. The molecule has 1 saturated heterocycles. The van der Waals surface area contributed by atoms with E-state index in [1.54, 1.807) is 0 Å². The maximum Gasteiger partial charge on any atom is 0.397 e. The predicted molar refractivity (Wildman–Crippen MR) is 117 cm³/mol. The Bertz CT molecular complexity index is 1260. The zero-order chi connectivity index (χ0) is 31.0. The summed E-state index contributed by atoms with van der Waals surface area (Å²) in [4.78, 5) is 19.1. The normalized spacial score (nSPS) is 29.7. The summed E-state index contributed by atoms with van der Waals surface area (Å²) in [5.41, 5.74) is 1.50. The van der Waals surface area contributed by atoms with E-state index >= 15 is 0 Å². The summed E-state index contributed by atoms with van der Waals surface area (Å²) in [6.45, 7) is -5.49. The van der Waals surface area contributed by atoms with Crippen molar-refractivity contribution in [3.05, 3.63) is 22.4 Å². The number of anilines is 1. The van der Waals surface area contributed by atoms with Crippen molar-refractivity contribution in [1.29, 1.82) is 5.26 Å². The molecule has 0 N–H and O–H groups in total. The fourth-order valence-corrected chi connectivity index (χ4v) is 4.46. The Labute approximate surface area is 203 Å². The van der Waals surface area contributed by atoms with E-state index in [9.17, 15) is 23.2 Å². The molecule has 6 nitrogen and oxygen atoms in total. The largest absolute Gasteiger partial charge is 0.397 e. The summed E-state index contributed by atoms with van der Waals surface area (Å²) in [7, 11) is 0. The van der Waals surface area contributed by atoms with Crippen LogP contribution in [0.4, 0.5) is 19.0 Å². The second-order valence-electron chi connectivity index (χ2n) is 9.34. The van der Waals surface area contributed by atoms with Crippen LogP contribution in [-0.2, 0) is 22.6 Å². The first kappa shape index (κ1) is 15.5. The van der Waals surface area contributed by atoms with Crippen molar-refractivity contribution in [2.45, 2.75) is 83.6 Å². The summed E-state index contributed by atoms with van der Waals surface area (Å²) in [6, 6.07) is -1.09. The fourth-order valence-electron chi connectivity index (χ4n) is 4.46. The standard InChI is InChI=1S/C24H31F3N4O2/c1-14(2)19-12-30(7-8-31(19)20(32)10-24(25,26)27)22-17(11-28)16-9-23(3,4)33-13-18(16)21(29-22)15-5-6-15/h14-15,19H,5-10,12-13H2,1-4H3/t19-/m0/s1/i1D3,2D3,14D,19D. The van der Waals surface area contributed by atoms with E-state index in [0.717, 1.165) is 18.4 Å². The molecule has 0 aromatic carbocycles. The lowest BCUT2D eigenvalue weighted by Gasteiger charge is -2.44. The van der Waals surface area contributed by atoms with Crippen LogP contribution in [0, 0.1) is 17.2 Å². The maximum absolute atomic E-state index is 13.2. The summed E-state index contributed by atoms with van der Waals surface area (Å²) < 4.78 is 111. The number of fused-ring (bicyclic) bond motifs is 1. The fraction of sp³-hybridized carbons (Fsp3) is 0.708. The number of ether oxygens (including phenoxy) is 1. The molecular formula is C24H31F3N4O2. The van der Waals surface area contributed by atoms with Crippen LogP contribution in [0.3, 0.4) is 0 Å². The van der Waals surface area contributed by atoms with Crippen molar-refractivity contribution in [3.63, 3.8) is 0 Å². The average Bonchev–Trinajstić information content (AvgIpc) is 3.64. The van der Waals surface area contributed by atoms with Gasteiger partial charge in [-0.05, 0) is 38.1 Å². The third-order valence-corrected chi connectivity index (χ3v) is 6.21. The van der Waals surface area contributed by atoms with Crippen LogP contribution in [0.5, 0.6) is 0 Å². The van der Waals surface area contributed by atoms with Gasteiger partial charge < -0.3 is 14.5 Å². The van der Waals surface area contributed by atoms with Crippen molar-refractivity contribution in [2.75, 3.05) is 24.5 Å². The highest BCUT2D eigenvalue weighted by atomic mass is 19.4. The van der Waals surface area contributed by atoms with Crippen molar-refractivity contribution in [2.24, 2.45) is 5.89 Å². The van der Waals surface area contributed by atoms with Crippen LogP contribution in [0.15, 0.2) is 0 Å². The topological polar surface area (TPSA) is 69.5 Å². The summed E-state index contributed by atoms with van der Waals surface area (Å²) in [5.74, 6) is -5.35. The van der Waals surface area contributed by atoms with Gasteiger partial charge in [0.2, 0.25) is 5.91 Å². The van der Waals surface area contributed by atoms with Crippen molar-refractivity contribution in [3.8, 4) is 6.07 Å². The van der Waals surface area contributed by atoms with Crippen molar-refractivity contribution in [1.82, 2.24) is 9.88 Å². The van der Waals surface area contributed by atoms with Gasteiger partial charge in [0, 0.05) is 47.1 Å². The van der Waals surface area contributed by atoms with Gasteiger partial charge in [-0.2, -0.15) is 18.4 Å². The Balaban J connectivity index is 1.90. The van der Waals surface area contributed by atoms with Crippen LogP contribution in [0.25, 0.3) is 0 Å². The Morgan fingerprint density at radius 2 is 2.12 bits per heavy atom. The Morgan fingerprint density at radius 1 is 1.39 bits per heavy atom. The Morgan fingerprint density at radius 3 is 2.73 bits per heavy atom. The number of halogens is 3. The molecule has 0 bridgehead atoms. The van der Waals surface area contributed by atoms with Gasteiger partial charge >= 0.3 is 6.18 Å². The second-order valence-corrected chi connectivity index (χ2v) is 9.34. The SMILES string of the molecule is [2H]C([2H])([2H])C([2H])(C([2H])([2H])[2H])[C@]1([2H])CN(c2nc(C3CC3)c3c(c2C#N)CC(C)(C)OC3)CCN1C(=O)CC(F)(F)F. The molecule has 1 saturated carbocycles. The number of amides is 1. The van der Waals surface area contributed by atoms with Crippen molar-refractivity contribution < 1.29 is 33.7 Å². The van der Waals surface area contributed by atoms with E-state index in [0.29, 0.717) is 17.7 Å². The third-order valence-electron chi connectivity index (χ3n) is 6.21. The molecule has 1 atom stereocenters. The molecular weight excluding hydrogens is 433 g/mol. The van der Waals surface area contributed by atoms with Crippen LogP contribution < -0.4 is 4.90 Å². The number of carbonyl (C=O) groups is 1. The summed E-state index contributed by atoms with van der Waals surface area (Å²) in [5, 5.41) is 10.2. The number of aromatic nitrogens is 1. The highest BCUT2D eigenvalue weighted by molar-refractivity contribution is 5.77. The van der Waals surface area contributed by atoms with Gasteiger partial charge in [0.25, 0.3) is 0 Å². The minimum Gasteiger partial charge on any atom is -0.370 e. The summed E-state index contributed by atoms with van der Waals surface area (Å²) >= 11 is 0. The Kier molecular flexibility index (Phi) is 3.98. The molecule has 1 amide bonds. The highest BCUT2D eigenvalue weighted by Gasteiger charge is 2.41. The second kappa shape index (κ2) is 8.46. The lowest BCUT2D eigenvalue weighted by atomic mass is 9.87. The molecule has 2 aliphatic heterocycles.